The van der Waals surface area contributed by atoms with Gasteiger partial charge in [0, 0.05) is 19.7 Å². The van der Waals surface area contributed by atoms with Crippen molar-refractivity contribution in [2.24, 2.45) is 17.6 Å². The molecule has 0 aliphatic heterocycles. The fourth-order valence-corrected chi connectivity index (χ4v) is 2.23. The Morgan fingerprint density at radius 3 is 2.50 bits per heavy atom. The average molecular weight is 256 g/mol. The molecule has 1 saturated carbocycles. The third-order valence-corrected chi connectivity index (χ3v) is 4.16. The number of ether oxygens (including phenoxy) is 1. The molecule has 1 aliphatic carbocycles. The topological polar surface area (TPSA) is 55.6 Å². The van der Waals surface area contributed by atoms with E-state index in [0.717, 1.165) is 6.42 Å². The Labute approximate surface area is 111 Å². The lowest BCUT2D eigenvalue weighted by atomic mass is 9.98. The van der Waals surface area contributed by atoms with Crippen LogP contribution in [-0.4, -0.2) is 43.2 Å². The molecule has 1 aliphatic rings. The van der Waals surface area contributed by atoms with E-state index >= 15 is 0 Å². The molecule has 106 valence electrons. The fourth-order valence-electron chi connectivity index (χ4n) is 2.23. The molecular formula is C14H28N2O2. The Morgan fingerprint density at radius 1 is 1.44 bits per heavy atom. The number of rotatable bonds is 8. The van der Waals surface area contributed by atoms with E-state index in [-0.39, 0.29) is 17.9 Å². The van der Waals surface area contributed by atoms with Gasteiger partial charge >= 0.3 is 0 Å². The number of nitrogens with two attached hydrogens (primary N) is 1. The van der Waals surface area contributed by atoms with Gasteiger partial charge in [-0.2, -0.15) is 0 Å². The lowest BCUT2D eigenvalue weighted by Gasteiger charge is -2.33. The van der Waals surface area contributed by atoms with Gasteiger partial charge in [-0.25, -0.2) is 0 Å². The average Bonchev–Trinajstić information content (AvgIpc) is 3.20. The second-order valence-electron chi connectivity index (χ2n) is 5.51. The molecule has 0 heterocycles. The summed E-state index contributed by atoms with van der Waals surface area (Å²) < 4.78 is 5.10. The lowest BCUT2D eigenvalue weighted by molar-refractivity contribution is -0.137. The number of methoxy groups -OCH3 is 1. The summed E-state index contributed by atoms with van der Waals surface area (Å²) in [6, 6.07) is -0.0872. The number of carbonyl (C=O) groups is 1. The first kappa shape index (κ1) is 15.4. The minimum absolute atomic E-state index is 0.0841. The van der Waals surface area contributed by atoms with Crippen LogP contribution in [0, 0.1) is 11.8 Å². The van der Waals surface area contributed by atoms with E-state index in [1.54, 1.807) is 7.11 Å². The molecule has 0 aromatic rings. The molecule has 1 fully saturated rings. The lowest BCUT2D eigenvalue weighted by Crippen LogP contribution is -2.51. The molecule has 1 amide bonds. The molecular weight excluding hydrogens is 228 g/mol. The van der Waals surface area contributed by atoms with Crippen LogP contribution in [0.1, 0.15) is 40.0 Å². The summed E-state index contributed by atoms with van der Waals surface area (Å²) >= 11 is 0. The van der Waals surface area contributed by atoms with Gasteiger partial charge in [0.05, 0.1) is 12.6 Å². The van der Waals surface area contributed by atoms with Gasteiger partial charge in [0.2, 0.25) is 5.91 Å². The number of amides is 1. The van der Waals surface area contributed by atoms with Gasteiger partial charge in [0.25, 0.3) is 0 Å². The van der Waals surface area contributed by atoms with Crippen molar-refractivity contribution in [2.75, 3.05) is 20.3 Å². The number of carbonyl (C=O) groups excluding carboxylic acids is 1. The third kappa shape index (κ3) is 3.95. The number of hydrogen-bond acceptors (Lipinski definition) is 3. The standard InChI is InChI=1S/C14H28N2O2/c1-5-10(2)13(15)14(17)16(8-9-18-4)11(3)12-6-7-12/h10-13H,5-9,15H2,1-4H3/t10-,11?,13-/m0/s1. The molecule has 0 aromatic heterocycles. The highest BCUT2D eigenvalue weighted by Crippen LogP contribution is 2.35. The van der Waals surface area contributed by atoms with Crippen LogP contribution in [0.25, 0.3) is 0 Å². The summed E-state index contributed by atoms with van der Waals surface area (Å²) in [5.41, 5.74) is 6.07. The predicted octanol–water partition coefficient (Wildman–Crippen LogP) is 1.63. The highest BCUT2D eigenvalue weighted by molar-refractivity contribution is 5.82. The third-order valence-electron chi connectivity index (χ3n) is 4.16. The van der Waals surface area contributed by atoms with Crippen LogP contribution in [0.4, 0.5) is 0 Å². The molecule has 1 unspecified atom stereocenters. The molecule has 3 atom stereocenters. The van der Waals surface area contributed by atoms with Crippen molar-refractivity contribution in [2.45, 2.75) is 52.1 Å². The molecule has 4 heteroatoms. The summed E-state index contributed by atoms with van der Waals surface area (Å²) in [5.74, 6) is 0.977. The van der Waals surface area contributed by atoms with E-state index in [0.29, 0.717) is 25.1 Å². The second kappa shape index (κ2) is 7.10. The van der Waals surface area contributed by atoms with E-state index in [9.17, 15) is 4.79 Å². The SMILES string of the molecule is CC[C@H](C)[C@H](N)C(=O)N(CCOC)C(C)C1CC1. The maximum atomic E-state index is 12.5. The Kier molecular flexibility index (Phi) is 6.09. The highest BCUT2D eigenvalue weighted by Gasteiger charge is 2.36. The van der Waals surface area contributed by atoms with Crippen LogP contribution in [0.2, 0.25) is 0 Å². The van der Waals surface area contributed by atoms with Crippen molar-refractivity contribution in [3.63, 3.8) is 0 Å². The smallest absolute Gasteiger partial charge is 0.240 e. The Bertz CT molecular complexity index is 267. The molecule has 4 nitrogen and oxygen atoms in total. The van der Waals surface area contributed by atoms with Crippen molar-refractivity contribution < 1.29 is 9.53 Å². The summed E-state index contributed by atoms with van der Waals surface area (Å²) in [5, 5.41) is 0. The quantitative estimate of drug-likeness (QED) is 0.718. The highest BCUT2D eigenvalue weighted by atomic mass is 16.5. The van der Waals surface area contributed by atoms with Gasteiger partial charge in [-0.15, -0.1) is 0 Å². The first-order valence-electron chi connectivity index (χ1n) is 7.07. The second-order valence-corrected chi connectivity index (χ2v) is 5.51. The Balaban J connectivity index is 2.64. The van der Waals surface area contributed by atoms with Crippen LogP contribution in [0.5, 0.6) is 0 Å². The van der Waals surface area contributed by atoms with Crippen LogP contribution in [0.3, 0.4) is 0 Å². The van der Waals surface area contributed by atoms with Crippen LogP contribution in [0.15, 0.2) is 0 Å². The van der Waals surface area contributed by atoms with E-state index in [4.69, 9.17) is 10.5 Å². The molecule has 0 radical (unpaired) electrons. The van der Waals surface area contributed by atoms with Gasteiger partial charge in [-0.3, -0.25) is 4.79 Å². The van der Waals surface area contributed by atoms with Crippen molar-refractivity contribution >= 4 is 5.91 Å². The zero-order valence-electron chi connectivity index (χ0n) is 12.2. The number of hydrogen-bond donors (Lipinski definition) is 1. The van der Waals surface area contributed by atoms with Crippen molar-refractivity contribution in [1.29, 1.82) is 0 Å². The zero-order valence-corrected chi connectivity index (χ0v) is 12.2. The molecule has 1 rings (SSSR count). The molecule has 2 N–H and O–H groups in total. The van der Waals surface area contributed by atoms with Crippen LogP contribution < -0.4 is 5.73 Å². The minimum Gasteiger partial charge on any atom is -0.383 e. The van der Waals surface area contributed by atoms with Gasteiger partial charge < -0.3 is 15.4 Å². The van der Waals surface area contributed by atoms with Crippen molar-refractivity contribution in [1.82, 2.24) is 4.90 Å². The van der Waals surface area contributed by atoms with E-state index < -0.39 is 0 Å². The van der Waals surface area contributed by atoms with E-state index in [2.05, 4.69) is 13.8 Å². The van der Waals surface area contributed by atoms with Gasteiger partial charge in [0.15, 0.2) is 0 Å². The largest absolute Gasteiger partial charge is 0.383 e. The zero-order chi connectivity index (χ0) is 13.7. The summed E-state index contributed by atoms with van der Waals surface area (Å²) in [6.07, 6.45) is 3.40. The normalized spacial score (nSPS) is 20.3. The van der Waals surface area contributed by atoms with E-state index in [1.165, 1.54) is 12.8 Å². The fraction of sp³-hybridized carbons (Fsp3) is 0.929. The maximum absolute atomic E-state index is 12.5. The van der Waals surface area contributed by atoms with Gasteiger partial charge in [-0.1, -0.05) is 20.3 Å². The Morgan fingerprint density at radius 2 is 2.06 bits per heavy atom. The van der Waals surface area contributed by atoms with Crippen LogP contribution in [-0.2, 0) is 9.53 Å². The number of nitrogens with zero attached hydrogens (tertiary/aromatic N) is 1. The molecule has 0 saturated heterocycles. The van der Waals surface area contributed by atoms with E-state index in [1.807, 2.05) is 11.8 Å². The molecule has 0 bridgehead atoms. The maximum Gasteiger partial charge on any atom is 0.240 e. The summed E-state index contributed by atoms with van der Waals surface area (Å²) in [7, 11) is 1.67. The van der Waals surface area contributed by atoms with Crippen LogP contribution >= 0.6 is 0 Å². The molecule has 0 spiro atoms. The van der Waals surface area contributed by atoms with Gasteiger partial charge in [0.1, 0.15) is 0 Å². The molecule has 18 heavy (non-hydrogen) atoms. The summed E-state index contributed by atoms with van der Waals surface area (Å²) in [4.78, 5) is 14.4. The summed E-state index contributed by atoms with van der Waals surface area (Å²) in [6.45, 7) is 7.47. The first-order valence-corrected chi connectivity index (χ1v) is 7.07. The van der Waals surface area contributed by atoms with Gasteiger partial charge in [-0.05, 0) is 31.6 Å². The van der Waals surface area contributed by atoms with Crippen molar-refractivity contribution in [3.8, 4) is 0 Å². The monoisotopic (exact) mass is 256 g/mol. The predicted molar refractivity (Wildman–Crippen MR) is 73.2 cm³/mol. The minimum atomic E-state index is -0.381. The Hall–Kier alpha value is -0.610. The first-order chi connectivity index (χ1) is 8.52. The molecule has 0 aromatic carbocycles. The van der Waals surface area contributed by atoms with Crippen molar-refractivity contribution in [3.05, 3.63) is 0 Å².